The third-order valence-electron chi connectivity index (χ3n) is 3.54. The van der Waals surface area contributed by atoms with E-state index < -0.39 is 6.43 Å². The minimum Gasteiger partial charge on any atom is -0.300 e. The second-order valence-electron chi connectivity index (χ2n) is 4.77. The first-order valence-corrected chi connectivity index (χ1v) is 6.27. The van der Waals surface area contributed by atoms with Gasteiger partial charge in [-0.1, -0.05) is 17.6 Å². The topological polar surface area (TPSA) is 48.5 Å². The number of hydrogen-bond acceptors (Lipinski definition) is 3. The molecule has 1 aliphatic rings. The van der Waals surface area contributed by atoms with Crippen LogP contribution in [0, 0.1) is 0 Å². The first-order valence-electron chi connectivity index (χ1n) is 6.27. The van der Waals surface area contributed by atoms with Crippen LogP contribution in [0.25, 0.3) is 17.1 Å². The van der Waals surface area contributed by atoms with Gasteiger partial charge in [0.15, 0.2) is 5.82 Å². The number of benzene rings is 1. The van der Waals surface area contributed by atoms with E-state index in [9.17, 15) is 8.78 Å². The SMILES string of the molecule is [B]c1ccc2c(c1)-c1ncnn1Cc1c(C(F)F)ncn1-2. The molecule has 2 aromatic heterocycles. The molecule has 0 amide bonds. The Balaban J connectivity index is 2.07. The van der Waals surface area contributed by atoms with Crippen LogP contribution < -0.4 is 5.46 Å². The molecular formula is C13H8BF2N5. The molecule has 21 heavy (non-hydrogen) atoms. The molecule has 0 bridgehead atoms. The van der Waals surface area contributed by atoms with Gasteiger partial charge in [0.2, 0.25) is 0 Å². The maximum absolute atomic E-state index is 13.1. The fourth-order valence-corrected chi connectivity index (χ4v) is 2.61. The van der Waals surface area contributed by atoms with Crippen molar-refractivity contribution in [3.8, 4) is 17.1 Å². The van der Waals surface area contributed by atoms with Crippen molar-refractivity contribution in [1.82, 2.24) is 24.3 Å². The summed E-state index contributed by atoms with van der Waals surface area (Å²) in [7, 11) is 5.83. The number of alkyl halides is 2. The lowest BCUT2D eigenvalue weighted by Crippen LogP contribution is -2.07. The number of halogens is 2. The van der Waals surface area contributed by atoms with Crippen LogP contribution in [0.2, 0.25) is 0 Å². The number of aromatic nitrogens is 5. The Kier molecular flexibility index (Phi) is 2.48. The molecule has 0 aliphatic carbocycles. The third-order valence-corrected chi connectivity index (χ3v) is 3.54. The average Bonchev–Trinajstić information content (AvgIpc) is 3.04. The average molecular weight is 283 g/mol. The standard InChI is InChI=1S/C13H8BF2N5/c14-7-1-2-9-8(3-7)13-17-5-19-21(13)4-10-11(12(15)16)18-6-20(9)10/h1-3,5-6,12H,4H2. The van der Waals surface area contributed by atoms with Crippen molar-refractivity contribution in [3.05, 3.63) is 42.2 Å². The number of imidazole rings is 1. The Morgan fingerprint density at radius 2 is 2.10 bits per heavy atom. The van der Waals surface area contributed by atoms with E-state index in [1.165, 1.54) is 12.7 Å². The molecule has 0 spiro atoms. The molecule has 1 aliphatic heterocycles. The number of hydrogen-bond donors (Lipinski definition) is 0. The van der Waals surface area contributed by atoms with Crippen LogP contribution >= 0.6 is 0 Å². The highest BCUT2D eigenvalue weighted by atomic mass is 19.3. The number of nitrogens with zero attached hydrogens (tertiary/aromatic N) is 5. The van der Waals surface area contributed by atoms with Crippen molar-refractivity contribution in [3.63, 3.8) is 0 Å². The monoisotopic (exact) mass is 283 g/mol. The minimum absolute atomic E-state index is 0.184. The second-order valence-corrected chi connectivity index (χ2v) is 4.77. The molecule has 102 valence electrons. The van der Waals surface area contributed by atoms with Gasteiger partial charge in [-0.25, -0.2) is 23.4 Å². The summed E-state index contributed by atoms with van der Waals surface area (Å²) in [5.74, 6) is 0.598. The van der Waals surface area contributed by atoms with E-state index >= 15 is 0 Å². The van der Waals surface area contributed by atoms with E-state index in [2.05, 4.69) is 15.1 Å². The van der Waals surface area contributed by atoms with Crippen LogP contribution in [0.1, 0.15) is 17.8 Å². The van der Waals surface area contributed by atoms with E-state index in [0.717, 1.165) is 5.56 Å². The summed E-state index contributed by atoms with van der Waals surface area (Å²) in [5.41, 5.74) is 2.19. The van der Waals surface area contributed by atoms with Gasteiger partial charge in [-0.05, 0) is 6.07 Å². The van der Waals surface area contributed by atoms with Crippen LogP contribution in [-0.4, -0.2) is 32.2 Å². The fourth-order valence-electron chi connectivity index (χ4n) is 2.61. The lowest BCUT2D eigenvalue weighted by atomic mass is 9.93. The molecule has 0 N–H and O–H groups in total. The molecule has 0 atom stereocenters. The van der Waals surface area contributed by atoms with E-state index in [1.807, 2.05) is 0 Å². The predicted molar refractivity (Wildman–Crippen MR) is 72.0 cm³/mol. The van der Waals surface area contributed by atoms with Crippen molar-refractivity contribution >= 4 is 13.3 Å². The summed E-state index contributed by atoms with van der Waals surface area (Å²) >= 11 is 0. The van der Waals surface area contributed by atoms with E-state index in [4.69, 9.17) is 7.85 Å². The molecular weight excluding hydrogens is 275 g/mol. The molecule has 2 radical (unpaired) electrons. The van der Waals surface area contributed by atoms with Crippen molar-refractivity contribution < 1.29 is 8.78 Å². The van der Waals surface area contributed by atoms with Crippen LogP contribution in [0.3, 0.4) is 0 Å². The van der Waals surface area contributed by atoms with Crippen molar-refractivity contribution in [2.45, 2.75) is 13.0 Å². The Morgan fingerprint density at radius 3 is 2.90 bits per heavy atom. The highest BCUT2D eigenvalue weighted by Gasteiger charge is 2.26. The van der Waals surface area contributed by atoms with E-state index in [-0.39, 0.29) is 12.2 Å². The molecule has 3 aromatic rings. The van der Waals surface area contributed by atoms with Gasteiger partial charge in [-0.15, -0.1) is 0 Å². The molecule has 4 rings (SSSR count). The zero-order chi connectivity index (χ0) is 14.6. The predicted octanol–water partition coefficient (Wildman–Crippen LogP) is 1.22. The zero-order valence-corrected chi connectivity index (χ0v) is 10.7. The number of rotatable bonds is 1. The highest BCUT2D eigenvalue weighted by Crippen LogP contribution is 2.32. The lowest BCUT2D eigenvalue weighted by molar-refractivity contribution is 0.145. The van der Waals surface area contributed by atoms with Gasteiger partial charge in [0, 0.05) is 5.56 Å². The molecule has 3 heterocycles. The van der Waals surface area contributed by atoms with E-state index in [0.29, 0.717) is 22.7 Å². The first kappa shape index (κ1) is 12.3. The zero-order valence-electron chi connectivity index (χ0n) is 10.7. The Bertz CT molecular complexity index is 839. The van der Waals surface area contributed by atoms with Gasteiger partial charge >= 0.3 is 0 Å². The molecule has 0 saturated heterocycles. The van der Waals surface area contributed by atoms with Crippen LogP contribution in [-0.2, 0) is 6.54 Å². The summed E-state index contributed by atoms with van der Waals surface area (Å²) in [6, 6.07) is 5.25. The van der Waals surface area contributed by atoms with Crippen LogP contribution in [0.15, 0.2) is 30.9 Å². The van der Waals surface area contributed by atoms with Crippen molar-refractivity contribution in [2.75, 3.05) is 0 Å². The summed E-state index contributed by atoms with van der Waals surface area (Å²) in [6.45, 7) is 0.184. The van der Waals surface area contributed by atoms with Gasteiger partial charge in [-0.2, -0.15) is 5.10 Å². The first-order chi connectivity index (χ1) is 10.1. The molecule has 8 heteroatoms. The van der Waals surface area contributed by atoms with Gasteiger partial charge in [0.1, 0.15) is 26.2 Å². The number of fused-ring (bicyclic) bond motifs is 5. The normalized spacial score (nSPS) is 12.7. The Morgan fingerprint density at radius 1 is 1.24 bits per heavy atom. The summed E-state index contributed by atoms with van der Waals surface area (Å²) in [4.78, 5) is 8.05. The lowest BCUT2D eigenvalue weighted by Gasteiger charge is -2.09. The smallest absolute Gasteiger partial charge is 0.282 e. The van der Waals surface area contributed by atoms with Gasteiger partial charge in [-0.3, -0.25) is 0 Å². The summed E-state index contributed by atoms with van der Waals surface area (Å²) in [5, 5.41) is 4.10. The van der Waals surface area contributed by atoms with Gasteiger partial charge < -0.3 is 4.57 Å². The highest BCUT2D eigenvalue weighted by molar-refractivity contribution is 6.32. The summed E-state index contributed by atoms with van der Waals surface area (Å²) in [6.07, 6.45) is 0.165. The molecule has 0 saturated carbocycles. The largest absolute Gasteiger partial charge is 0.300 e. The van der Waals surface area contributed by atoms with E-state index in [1.54, 1.807) is 27.4 Å². The minimum atomic E-state index is -2.64. The van der Waals surface area contributed by atoms with Crippen molar-refractivity contribution in [1.29, 1.82) is 0 Å². The second kappa shape index (κ2) is 4.24. The molecule has 0 unspecified atom stereocenters. The molecule has 1 aromatic carbocycles. The molecule has 0 fully saturated rings. The van der Waals surface area contributed by atoms with Crippen LogP contribution in [0.4, 0.5) is 8.78 Å². The Labute approximate surface area is 119 Å². The maximum Gasteiger partial charge on any atom is 0.282 e. The maximum atomic E-state index is 13.1. The van der Waals surface area contributed by atoms with Crippen molar-refractivity contribution in [2.24, 2.45) is 0 Å². The third kappa shape index (κ3) is 1.71. The fraction of sp³-hybridized carbons (Fsp3) is 0.154. The Hall–Kier alpha value is -2.51. The van der Waals surface area contributed by atoms with Gasteiger partial charge in [0.25, 0.3) is 6.43 Å². The van der Waals surface area contributed by atoms with Gasteiger partial charge in [0.05, 0.1) is 17.9 Å². The quantitative estimate of drug-likeness (QED) is 0.494. The van der Waals surface area contributed by atoms with Crippen LogP contribution in [0.5, 0.6) is 0 Å². The molecule has 5 nitrogen and oxygen atoms in total. The summed E-state index contributed by atoms with van der Waals surface area (Å²) < 4.78 is 29.5.